The smallest absolute Gasteiger partial charge is 0.137 e. The number of pyridine rings is 1. The van der Waals surface area contributed by atoms with Crippen molar-refractivity contribution in [2.24, 2.45) is 11.8 Å². The third-order valence-corrected chi connectivity index (χ3v) is 3.64. The molecule has 2 rings (SSSR count). The van der Waals surface area contributed by atoms with Crippen molar-refractivity contribution >= 4 is 0 Å². The number of methoxy groups -OCH3 is 1. The van der Waals surface area contributed by atoms with Crippen molar-refractivity contribution < 1.29 is 9.84 Å². The van der Waals surface area contributed by atoms with Crippen molar-refractivity contribution in [1.82, 2.24) is 4.98 Å². The highest BCUT2D eigenvalue weighted by Gasteiger charge is 2.30. The van der Waals surface area contributed by atoms with Crippen molar-refractivity contribution in [1.29, 1.82) is 0 Å². The fourth-order valence-corrected chi connectivity index (χ4v) is 2.60. The Kier molecular flexibility index (Phi) is 3.44. The highest BCUT2D eigenvalue weighted by molar-refractivity contribution is 5.25. The fraction of sp³-hybridized carbons (Fsp3) is 0.615. The van der Waals surface area contributed by atoms with Gasteiger partial charge in [0.25, 0.3) is 0 Å². The van der Waals surface area contributed by atoms with Crippen LogP contribution in [0.25, 0.3) is 0 Å². The minimum absolute atomic E-state index is 0.369. The van der Waals surface area contributed by atoms with E-state index in [-0.39, 0.29) is 0 Å². The summed E-state index contributed by atoms with van der Waals surface area (Å²) in [4.78, 5) is 4.09. The molecule has 3 atom stereocenters. The van der Waals surface area contributed by atoms with E-state index in [2.05, 4.69) is 11.9 Å². The molecule has 1 N–H and O–H groups in total. The van der Waals surface area contributed by atoms with Crippen molar-refractivity contribution in [3.63, 3.8) is 0 Å². The van der Waals surface area contributed by atoms with Gasteiger partial charge >= 0.3 is 0 Å². The van der Waals surface area contributed by atoms with Crippen molar-refractivity contribution in [3.8, 4) is 5.75 Å². The van der Waals surface area contributed by atoms with Crippen LogP contribution < -0.4 is 4.74 Å². The summed E-state index contributed by atoms with van der Waals surface area (Å²) in [6.45, 7) is 2.22. The van der Waals surface area contributed by atoms with Gasteiger partial charge < -0.3 is 9.84 Å². The zero-order valence-corrected chi connectivity index (χ0v) is 9.89. The molecule has 0 radical (unpaired) electrons. The van der Waals surface area contributed by atoms with E-state index in [1.165, 1.54) is 12.8 Å². The van der Waals surface area contributed by atoms with E-state index in [0.717, 1.165) is 12.0 Å². The number of rotatable bonds is 3. The normalized spacial score (nSPS) is 26.7. The Morgan fingerprint density at radius 2 is 2.25 bits per heavy atom. The lowest BCUT2D eigenvalue weighted by Crippen LogP contribution is -2.15. The first-order valence-corrected chi connectivity index (χ1v) is 5.89. The van der Waals surface area contributed by atoms with E-state index >= 15 is 0 Å². The molecule has 0 aliphatic heterocycles. The summed E-state index contributed by atoms with van der Waals surface area (Å²) >= 11 is 0. The fourth-order valence-electron chi connectivity index (χ4n) is 2.60. The molecule has 0 spiro atoms. The maximum Gasteiger partial charge on any atom is 0.137 e. The molecule has 0 amide bonds. The Balaban J connectivity index is 2.16. The Labute approximate surface area is 96.5 Å². The molecule has 16 heavy (non-hydrogen) atoms. The predicted octanol–water partition coefficient (Wildman–Crippen LogP) is 2.56. The molecule has 1 saturated carbocycles. The zero-order chi connectivity index (χ0) is 11.5. The van der Waals surface area contributed by atoms with Gasteiger partial charge in [0.1, 0.15) is 5.75 Å². The van der Waals surface area contributed by atoms with Gasteiger partial charge in [0.05, 0.1) is 19.4 Å². The number of hydrogen-bond donors (Lipinski definition) is 1. The van der Waals surface area contributed by atoms with E-state index in [4.69, 9.17) is 4.74 Å². The van der Waals surface area contributed by atoms with Crippen LogP contribution in [0.2, 0.25) is 0 Å². The van der Waals surface area contributed by atoms with Crippen molar-refractivity contribution in [3.05, 3.63) is 24.0 Å². The molecule has 88 valence electrons. The molecular formula is C13H19NO2. The Hall–Kier alpha value is -1.09. The summed E-state index contributed by atoms with van der Waals surface area (Å²) in [5, 5.41) is 10.3. The lowest BCUT2D eigenvalue weighted by Gasteiger charge is -2.22. The second-order valence-electron chi connectivity index (χ2n) is 4.67. The van der Waals surface area contributed by atoms with Gasteiger partial charge in [0.15, 0.2) is 0 Å². The van der Waals surface area contributed by atoms with Gasteiger partial charge in [0, 0.05) is 11.8 Å². The van der Waals surface area contributed by atoms with Crippen LogP contribution in [0.5, 0.6) is 5.75 Å². The van der Waals surface area contributed by atoms with Crippen LogP contribution in [0.1, 0.15) is 37.9 Å². The molecule has 1 aliphatic carbocycles. The highest BCUT2D eigenvalue weighted by atomic mass is 16.5. The van der Waals surface area contributed by atoms with Gasteiger partial charge in [-0.1, -0.05) is 19.8 Å². The molecule has 3 heteroatoms. The van der Waals surface area contributed by atoms with Crippen LogP contribution in [0.4, 0.5) is 0 Å². The second kappa shape index (κ2) is 4.83. The Bertz CT molecular complexity index is 354. The van der Waals surface area contributed by atoms with E-state index in [9.17, 15) is 5.11 Å². The summed E-state index contributed by atoms with van der Waals surface area (Å²) in [7, 11) is 1.62. The third kappa shape index (κ3) is 2.19. The maximum atomic E-state index is 10.3. The molecule has 3 unspecified atom stereocenters. The third-order valence-electron chi connectivity index (χ3n) is 3.64. The van der Waals surface area contributed by atoms with E-state index in [1.54, 1.807) is 19.5 Å². The van der Waals surface area contributed by atoms with Gasteiger partial charge in [0.2, 0.25) is 0 Å². The van der Waals surface area contributed by atoms with Crippen molar-refractivity contribution in [2.45, 2.75) is 32.3 Å². The van der Waals surface area contributed by atoms with Crippen LogP contribution in [-0.4, -0.2) is 17.2 Å². The second-order valence-corrected chi connectivity index (χ2v) is 4.67. The average molecular weight is 221 g/mol. The largest absolute Gasteiger partial charge is 0.495 e. The number of ether oxygens (including phenoxy) is 1. The van der Waals surface area contributed by atoms with Crippen LogP contribution in [-0.2, 0) is 0 Å². The van der Waals surface area contributed by atoms with Gasteiger partial charge in [-0.15, -0.1) is 0 Å². The molecule has 0 aromatic carbocycles. The first-order valence-electron chi connectivity index (χ1n) is 5.89. The first-order chi connectivity index (χ1) is 7.72. The maximum absolute atomic E-state index is 10.3. The molecule has 1 aliphatic rings. The molecule has 0 bridgehead atoms. The standard InChI is InChI=1S/C13H19NO2/c1-9-4-3-5-12(9)13(15)10-6-11(16-2)8-14-7-10/h6-9,12-13,15H,3-5H2,1-2H3. The molecule has 1 heterocycles. The molecule has 3 nitrogen and oxygen atoms in total. The van der Waals surface area contributed by atoms with Crippen LogP contribution in [0, 0.1) is 11.8 Å². The molecule has 1 aromatic heterocycles. The topological polar surface area (TPSA) is 42.4 Å². The monoisotopic (exact) mass is 221 g/mol. The number of aromatic nitrogens is 1. The molecule has 0 saturated heterocycles. The summed E-state index contributed by atoms with van der Waals surface area (Å²) in [5.74, 6) is 1.68. The summed E-state index contributed by atoms with van der Waals surface area (Å²) in [6.07, 6.45) is 6.55. The minimum atomic E-state index is -0.403. The van der Waals surface area contributed by atoms with Gasteiger partial charge in [-0.2, -0.15) is 0 Å². The molecule has 1 aromatic rings. The van der Waals surface area contributed by atoms with E-state index < -0.39 is 6.10 Å². The average Bonchev–Trinajstić information content (AvgIpc) is 2.74. The van der Waals surface area contributed by atoms with Gasteiger partial charge in [-0.25, -0.2) is 0 Å². The number of aliphatic hydroxyl groups excluding tert-OH is 1. The lowest BCUT2D eigenvalue weighted by molar-refractivity contribution is 0.0895. The van der Waals surface area contributed by atoms with Crippen molar-refractivity contribution in [2.75, 3.05) is 7.11 Å². The number of hydrogen-bond acceptors (Lipinski definition) is 3. The highest BCUT2D eigenvalue weighted by Crippen LogP contribution is 2.40. The van der Waals surface area contributed by atoms with Crippen LogP contribution in [0.15, 0.2) is 18.5 Å². The van der Waals surface area contributed by atoms with E-state index in [0.29, 0.717) is 17.6 Å². The quantitative estimate of drug-likeness (QED) is 0.853. The number of nitrogens with zero attached hydrogens (tertiary/aromatic N) is 1. The zero-order valence-electron chi connectivity index (χ0n) is 9.89. The van der Waals surface area contributed by atoms with Crippen LogP contribution in [0.3, 0.4) is 0 Å². The van der Waals surface area contributed by atoms with E-state index in [1.807, 2.05) is 6.07 Å². The Morgan fingerprint density at radius 3 is 2.88 bits per heavy atom. The predicted molar refractivity (Wildman–Crippen MR) is 62.3 cm³/mol. The summed E-state index contributed by atoms with van der Waals surface area (Å²) < 4.78 is 5.12. The lowest BCUT2D eigenvalue weighted by atomic mass is 9.89. The first kappa shape index (κ1) is 11.4. The van der Waals surface area contributed by atoms with Gasteiger partial charge in [-0.3, -0.25) is 4.98 Å². The SMILES string of the molecule is COc1cncc(C(O)C2CCCC2C)c1. The number of aliphatic hydroxyl groups is 1. The summed E-state index contributed by atoms with van der Waals surface area (Å²) in [6, 6.07) is 1.88. The molecular weight excluding hydrogens is 202 g/mol. The van der Waals surface area contributed by atoms with Gasteiger partial charge in [-0.05, 0) is 24.3 Å². The minimum Gasteiger partial charge on any atom is -0.495 e. The van der Waals surface area contributed by atoms with Crippen LogP contribution >= 0.6 is 0 Å². The summed E-state index contributed by atoms with van der Waals surface area (Å²) in [5.41, 5.74) is 0.873. The Morgan fingerprint density at radius 1 is 1.44 bits per heavy atom. The molecule has 1 fully saturated rings.